The number of nitrogens with one attached hydrogen (secondary N) is 1. The van der Waals surface area contributed by atoms with Gasteiger partial charge in [-0.1, -0.05) is 30.3 Å². The molecule has 4 heteroatoms. The van der Waals surface area contributed by atoms with E-state index in [4.69, 9.17) is 5.26 Å². The van der Waals surface area contributed by atoms with Crippen LogP contribution in [0.25, 0.3) is 0 Å². The number of aryl methyl sites for hydroxylation is 2. The van der Waals surface area contributed by atoms with E-state index < -0.39 is 0 Å². The summed E-state index contributed by atoms with van der Waals surface area (Å²) in [5.74, 6) is 0.532. The van der Waals surface area contributed by atoms with Gasteiger partial charge in [0.15, 0.2) is 0 Å². The lowest BCUT2D eigenvalue weighted by molar-refractivity contribution is 0.850. The van der Waals surface area contributed by atoms with Crippen molar-refractivity contribution >= 4 is 5.95 Å². The second-order valence-electron chi connectivity index (χ2n) is 4.35. The highest BCUT2D eigenvalue weighted by Gasteiger charge is 2.00. The minimum absolute atomic E-state index is 0.401. The van der Waals surface area contributed by atoms with Crippen LogP contribution in [0.4, 0.5) is 5.95 Å². The van der Waals surface area contributed by atoms with E-state index in [1.165, 1.54) is 5.56 Å². The summed E-state index contributed by atoms with van der Waals surface area (Å²) in [5.41, 5.74) is 2.53. The molecule has 0 fully saturated rings. The molecule has 0 saturated heterocycles. The Morgan fingerprint density at radius 2 is 2.00 bits per heavy atom. The lowest BCUT2D eigenvalue weighted by Crippen LogP contribution is -2.07. The monoisotopic (exact) mass is 252 g/mol. The molecule has 2 rings (SSSR count). The van der Waals surface area contributed by atoms with Crippen LogP contribution in [0.2, 0.25) is 0 Å². The Morgan fingerprint density at radius 1 is 1.21 bits per heavy atom. The quantitative estimate of drug-likeness (QED) is 0.831. The van der Waals surface area contributed by atoms with Crippen LogP contribution in [0.15, 0.2) is 36.4 Å². The van der Waals surface area contributed by atoms with Crippen molar-refractivity contribution in [2.45, 2.75) is 19.8 Å². The molecule has 0 bridgehead atoms. The molecule has 96 valence electrons. The molecule has 0 aliphatic rings. The Morgan fingerprint density at radius 3 is 2.74 bits per heavy atom. The Balaban J connectivity index is 1.83. The van der Waals surface area contributed by atoms with Gasteiger partial charge in [0.2, 0.25) is 5.95 Å². The Kier molecular flexibility index (Phi) is 4.46. The zero-order valence-electron chi connectivity index (χ0n) is 10.9. The summed E-state index contributed by atoms with van der Waals surface area (Å²) >= 11 is 0. The molecule has 0 aliphatic heterocycles. The first-order chi connectivity index (χ1) is 9.28. The molecular weight excluding hydrogens is 236 g/mol. The second kappa shape index (κ2) is 6.50. The number of hydrogen-bond acceptors (Lipinski definition) is 4. The van der Waals surface area contributed by atoms with Crippen molar-refractivity contribution in [3.63, 3.8) is 0 Å². The molecule has 0 aliphatic carbocycles. The van der Waals surface area contributed by atoms with E-state index in [9.17, 15) is 0 Å². The normalized spacial score (nSPS) is 9.89. The van der Waals surface area contributed by atoms with Gasteiger partial charge in [-0.15, -0.1) is 0 Å². The van der Waals surface area contributed by atoms with Crippen molar-refractivity contribution in [2.24, 2.45) is 0 Å². The van der Waals surface area contributed by atoms with Gasteiger partial charge in [-0.05, 0) is 31.4 Å². The fourth-order valence-corrected chi connectivity index (χ4v) is 1.84. The van der Waals surface area contributed by atoms with E-state index in [0.717, 1.165) is 25.1 Å². The number of rotatable bonds is 5. The van der Waals surface area contributed by atoms with Crippen LogP contribution in [-0.4, -0.2) is 16.5 Å². The van der Waals surface area contributed by atoms with Gasteiger partial charge in [-0.2, -0.15) is 5.26 Å². The average Bonchev–Trinajstić information content (AvgIpc) is 2.44. The van der Waals surface area contributed by atoms with Crippen LogP contribution >= 0.6 is 0 Å². The maximum Gasteiger partial charge on any atom is 0.224 e. The van der Waals surface area contributed by atoms with E-state index >= 15 is 0 Å². The smallest absolute Gasteiger partial charge is 0.224 e. The first kappa shape index (κ1) is 13.0. The van der Waals surface area contributed by atoms with Gasteiger partial charge in [-0.3, -0.25) is 0 Å². The molecule has 0 radical (unpaired) electrons. The van der Waals surface area contributed by atoms with Crippen molar-refractivity contribution in [3.05, 3.63) is 53.3 Å². The van der Waals surface area contributed by atoms with E-state index in [1.54, 1.807) is 6.07 Å². The molecule has 1 aromatic heterocycles. The lowest BCUT2D eigenvalue weighted by atomic mass is 10.1. The van der Waals surface area contributed by atoms with Crippen LogP contribution < -0.4 is 5.32 Å². The topological polar surface area (TPSA) is 61.6 Å². The third-order valence-corrected chi connectivity index (χ3v) is 2.74. The molecule has 0 spiro atoms. The Hall–Kier alpha value is -2.41. The number of aromatic nitrogens is 2. The first-order valence-electron chi connectivity index (χ1n) is 6.31. The SMILES string of the molecule is Cc1cc(C#N)nc(NCCCc2ccccc2)n1. The molecule has 1 aromatic carbocycles. The van der Waals surface area contributed by atoms with E-state index in [2.05, 4.69) is 27.4 Å². The molecular formula is C15H16N4. The molecule has 0 amide bonds. The van der Waals surface area contributed by atoms with Gasteiger partial charge in [0.25, 0.3) is 0 Å². The van der Waals surface area contributed by atoms with Crippen LogP contribution in [0, 0.1) is 18.3 Å². The Bertz CT molecular complexity index is 572. The summed E-state index contributed by atoms with van der Waals surface area (Å²) in [6.07, 6.45) is 2.02. The van der Waals surface area contributed by atoms with Crippen molar-refractivity contribution in [3.8, 4) is 6.07 Å². The maximum atomic E-state index is 8.84. The summed E-state index contributed by atoms with van der Waals surface area (Å²) in [7, 11) is 0. The third-order valence-electron chi connectivity index (χ3n) is 2.74. The average molecular weight is 252 g/mol. The van der Waals surface area contributed by atoms with Crippen LogP contribution in [0.1, 0.15) is 23.4 Å². The summed E-state index contributed by atoms with van der Waals surface area (Å²) in [6.45, 7) is 2.65. The van der Waals surface area contributed by atoms with Crippen molar-refractivity contribution in [1.82, 2.24) is 9.97 Å². The molecule has 2 aromatic rings. The molecule has 1 N–H and O–H groups in total. The largest absolute Gasteiger partial charge is 0.354 e. The molecule has 0 unspecified atom stereocenters. The van der Waals surface area contributed by atoms with Gasteiger partial charge in [-0.25, -0.2) is 9.97 Å². The van der Waals surface area contributed by atoms with Gasteiger partial charge >= 0.3 is 0 Å². The zero-order chi connectivity index (χ0) is 13.5. The fourth-order valence-electron chi connectivity index (χ4n) is 1.84. The van der Waals surface area contributed by atoms with Crippen molar-refractivity contribution in [1.29, 1.82) is 5.26 Å². The highest BCUT2D eigenvalue weighted by Crippen LogP contribution is 2.05. The minimum atomic E-state index is 0.401. The van der Waals surface area contributed by atoms with Crippen molar-refractivity contribution < 1.29 is 0 Å². The van der Waals surface area contributed by atoms with Gasteiger partial charge < -0.3 is 5.32 Å². The minimum Gasteiger partial charge on any atom is -0.354 e. The van der Waals surface area contributed by atoms with Crippen LogP contribution in [-0.2, 0) is 6.42 Å². The van der Waals surface area contributed by atoms with E-state index in [1.807, 2.05) is 31.2 Å². The number of hydrogen-bond donors (Lipinski definition) is 1. The first-order valence-corrected chi connectivity index (χ1v) is 6.31. The van der Waals surface area contributed by atoms with Crippen molar-refractivity contribution in [2.75, 3.05) is 11.9 Å². The zero-order valence-corrected chi connectivity index (χ0v) is 10.9. The van der Waals surface area contributed by atoms with Gasteiger partial charge in [0, 0.05) is 12.2 Å². The van der Waals surface area contributed by atoms with E-state index in [-0.39, 0.29) is 0 Å². The predicted molar refractivity (Wildman–Crippen MR) is 74.7 cm³/mol. The van der Waals surface area contributed by atoms with Gasteiger partial charge in [0.05, 0.1) is 0 Å². The summed E-state index contributed by atoms with van der Waals surface area (Å²) in [4.78, 5) is 8.37. The highest BCUT2D eigenvalue weighted by atomic mass is 15.1. The Labute approximate surface area is 113 Å². The molecule has 4 nitrogen and oxygen atoms in total. The number of anilines is 1. The standard InChI is InChI=1S/C15H16N4/c1-12-10-14(11-16)19-15(18-12)17-9-5-8-13-6-3-2-4-7-13/h2-4,6-7,10H,5,8-9H2,1H3,(H,17,18,19). The summed E-state index contributed by atoms with van der Waals surface area (Å²) in [6, 6.07) is 14.1. The third kappa shape index (κ3) is 4.07. The number of nitriles is 1. The lowest BCUT2D eigenvalue weighted by Gasteiger charge is -2.06. The number of nitrogens with zero attached hydrogens (tertiary/aromatic N) is 3. The molecule has 0 atom stereocenters. The molecule has 19 heavy (non-hydrogen) atoms. The van der Waals surface area contributed by atoms with Crippen LogP contribution in [0.3, 0.4) is 0 Å². The summed E-state index contributed by atoms with van der Waals surface area (Å²) < 4.78 is 0. The second-order valence-corrected chi connectivity index (χ2v) is 4.35. The maximum absolute atomic E-state index is 8.84. The fraction of sp³-hybridized carbons (Fsp3) is 0.267. The van der Waals surface area contributed by atoms with E-state index in [0.29, 0.717) is 11.6 Å². The summed E-state index contributed by atoms with van der Waals surface area (Å²) in [5, 5.41) is 12.0. The van der Waals surface area contributed by atoms with Crippen LogP contribution in [0.5, 0.6) is 0 Å². The molecule has 0 saturated carbocycles. The van der Waals surface area contributed by atoms with Gasteiger partial charge in [0.1, 0.15) is 11.8 Å². The number of benzene rings is 1. The predicted octanol–water partition coefficient (Wildman–Crippen LogP) is 2.70. The highest BCUT2D eigenvalue weighted by molar-refractivity contribution is 5.32. The molecule has 1 heterocycles.